The zero-order valence-electron chi connectivity index (χ0n) is 8.55. The molecule has 0 spiro atoms. The molecule has 0 atom stereocenters. The molecule has 0 rings (SSSR count). The average Bonchev–Trinajstić information content (AvgIpc) is 1.95. The van der Waals surface area contributed by atoms with Gasteiger partial charge in [-0.15, -0.1) is 0 Å². The van der Waals surface area contributed by atoms with Crippen LogP contribution in [-0.2, 0) is 24.8 Å². The number of hydrogen-bond acceptors (Lipinski definition) is 6. The molecule has 0 aromatic rings. The van der Waals surface area contributed by atoms with E-state index in [2.05, 4.69) is 0 Å². The van der Waals surface area contributed by atoms with E-state index in [1.807, 2.05) is 0 Å². The average molecular weight is 374 g/mol. The van der Waals surface area contributed by atoms with Crippen molar-refractivity contribution in [1.29, 1.82) is 0 Å². The number of carboxylic acids is 3. The van der Waals surface area contributed by atoms with Gasteiger partial charge < -0.3 is 20.4 Å². The van der Waals surface area contributed by atoms with Crippen LogP contribution in [0.1, 0.15) is 12.8 Å². The fourth-order valence-electron chi connectivity index (χ4n) is 0.714. The van der Waals surface area contributed by atoms with Crippen molar-refractivity contribution in [1.82, 2.24) is 0 Å². The molecule has 6 N–H and O–H groups in total. The summed E-state index contributed by atoms with van der Waals surface area (Å²) in [6, 6.07) is 0. The molecule has 0 amide bonds. The molecule has 0 bridgehead atoms. The first-order valence-electron chi connectivity index (χ1n) is 3.87. The summed E-state index contributed by atoms with van der Waals surface area (Å²) in [6.45, 7) is 0. The second-order valence-electron chi connectivity index (χ2n) is 2.93. The Morgan fingerprint density at radius 3 is 1.15 bits per heavy atom. The predicted molar refractivity (Wildman–Crippen MR) is 68.4 cm³/mol. The first-order valence-corrected chi connectivity index (χ1v) is 5.27. The van der Waals surface area contributed by atoms with Crippen LogP contribution in [-0.4, -0.2) is 137 Å². The Labute approximate surface area is 172 Å². The molecular weight excluding hydrogens is 360 g/mol. The van der Waals surface area contributed by atoms with E-state index in [0.717, 1.165) is 0 Å². The van der Waals surface area contributed by atoms with Crippen LogP contribution in [0.2, 0.25) is 0 Å². The van der Waals surface area contributed by atoms with Gasteiger partial charge in [-0.1, -0.05) is 0 Å². The molecule has 0 saturated carbocycles. The van der Waals surface area contributed by atoms with Crippen LogP contribution in [0, 0.1) is 0 Å². The van der Waals surface area contributed by atoms with Crippen molar-refractivity contribution in [3.8, 4) is 0 Å². The second-order valence-corrected chi connectivity index (χ2v) is 3.82. The standard InChI is InChI=1S/C6H8O7.2Ca.H2O4S.4H/c7-3(8)1-6(13,5(11)12)2-4(9)10;;;1-5(2,3)4;;;;/h13H,1-2H2,(H,7,8)(H,9,10)(H,11,12);;;(H2,1,2,3,4);;;;. The molecule has 14 heteroatoms. The van der Waals surface area contributed by atoms with E-state index in [-0.39, 0.29) is 75.5 Å². The van der Waals surface area contributed by atoms with Crippen molar-refractivity contribution in [3.05, 3.63) is 0 Å². The molecule has 20 heavy (non-hydrogen) atoms. The summed E-state index contributed by atoms with van der Waals surface area (Å²) < 4.78 is 31.6. The monoisotopic (exact) mass is 374 g/mol. The Balaban J connectivity index is -0.000000158. The fraction of sp³-hybridized carbons (Fsp3) is 0.500. The molecule has 0 aliphatic rings. The zero-order chi connectivity index (χ0) is 15.1. The summed E-state index contributed by atoms with van der Waals surface area (Å²) in [6.07, 6.45) is -2.29. The van der Waals surface area contributed by atoms with Gasteiger partial charge in [0.05, 0.1) is 12.8 Å². The van der Waals surface area contributed by atoms with E-state index in [4.69, 9.17) is 37.9 Å². The van der Waals surface area contributed by atoms with Gasteiger partial charge in [-0.2, -0.15) is 8.42 Å². The Morgan fingerprint density at radius 2 is 1.05 bits per heavy atom. The molecule has 0 fully saturated rings. The van der Waals surface area contributed by atoms with Gasteiger partial charge in [-0.25, -0.2) is 4.79 Å². The number of carboxylic acid groups (broad SMARTS) is 3. The van der Waals surface area contributed by atoms with Gasteiger partial charge in [-0.3, -0.25) is 18.7 Å². The van der Waals surface area contributed by atoms with Crippen LogP contribution < -0.4 is 0 Å². The number of rotatable bonds is 5. The summed E-state index contributed by atoms with van der Waals surface area (Å²) >= 11 is 0. The summed E-state index contributed by atoms with van der Waals surface area (Å²) in [7, 11) is -4.67. The molecule has 0 radical (unpaired) electrons. The van der Waals surface area contributed by atoms with Crippen molar-refractivity contribution >= 4 is 104 Å². The number of hydrogen-bond donors (Lipinski definition) is 6. The third kappa shape index (κ3) is 21.1. The van der Waals surface area contributed by atoms with E-state index in [1.165, 1.54) is 0 Å². The third-order valence-corrected chi connectivity index (χ3v) is 1.29. The minimum absolute atomic E-state index is 0. The topological polar surface area (TPSA) is 207 Å². The summed E-state index contributed by atoms with van der Waals surface area (Å²) in [5, 5.41) is 33.8. The first kappa shape index (κ1) is 28.9. The van der Waals surface area contributed by atoms with Crippen LogP contribution in [0.15, 0.2) is 0 Å². The molecule has 11 nitrogen and oxygen atoms in total. The SMILES string of the molecule is O=C(O)CC(O)(CC(=O)O)C(=O)O.O=S(=O)(O)O.[CaH2].[CaH2]. The number of aliphatic hydroxyl groups is 1. The van der Waals surface area contributed by atoms with Gasteiger partial charge in [-0.05, 0) is 0 Å². The fourth-order valence-corrected chi connectivity index (χ4v) is 0.714. The molecular formula is C6H14Ca2O11S. The quantitative estimate of drug-likeness (QED) is 0.203. The van der Waals surface area contributed by atoms with Crippen LogP contribution >= 0.6 is 0 Å². The van der Waals surface area contributed by atoms with Gasteiger partial charge in [0.25, 0.3) is 0 Å². The Kier molecular flexibility index (Phi) is 17.8. The molecule has 0 unspecified atom stereocenters. The molecule has 0 aromatic carbocycles. The van der Waals surface area contributed by atoms with Crippen molar-refractivity contribution in [2.75, 3.05) is 0 Å². The van der Waals surface area contributed by atoms with Crippen LogP contribution in [0.4, 0.5) is 0 Å². The van der Waals surface area contributed by atoms with Crippen LogP contribution in [0.5, 0.6) is 0 Å². The third-order valence-electron chi connectivity index (χ3n) is 1.29. The van der Waals surface area contributed by atoms with Crippen LogP contribution in [0.3, 0.4) is 0 Å². The summed E-state index contributed by atoms with van der Waals surface area (Å²) in [4.78, 5) is 30.5. The van der Waals surface area contributed by atoms with E-state index in [1.54, 1.807) is 0 Å². The van der Waals surface area contributed by atoms with Crippen LogP contribution in [0.25, 0.3) is 0 Å². The van der Waals surface area contributed by atoms with Crippen molar-refractivity contribution < 1.29 is 52.3 Å². The molecule has 0 aromatic heterocycles. The molecule has 0 aliphatic carbocycles. The van der Waals surface area contributed by atoms with E-state index < -0.39 is 46.7 Å². The second kappa shape index (κ2) is 12.3. The zero-order valence-corrected chi connectivity index (χ0v) is 9.36. The minimum atomic E-state index is -4.67. The van der Waals surface area contributed by atoms with Crippen molar-refractivity contribution in [2.24, 2.45) is 0 Å². The van der Waals surface area contributed by atoms with E-state index >= 15 is 0 Å². The van der Waals surface area contributed by atoms with Gasteiger partial charge in [0.2, 0.25) is 0 Å². The normalized spacial score (nSPS) is 9.95. The van der Waals surface area contributed by atoms with Gasteiger partial charge in [0.1, 0.15) is 0 Å². The van der Waals surface area contributed by atoms with Gasteiger partial charge in [0, 0.05) is 0 Å². The Hall–Kier alpha value is 0.759. The molecule has 114 valence electrons. The number of aliphatic carboxylic acids is 3. The van der Waals surface area contributed by atoms with E-state index in [9.17, 15) is 14.4 Å². The molecule has 0 saturated heterocycles. The maximum atomic E-state index is 10.3. The molecule has 0 aliphatic heterocycles. The Bertz CT molecular complexity index is 406. The van der Waals surface area contributed by atoms with Gasteiger partial charge >= 0.3 is 104 Å². The predicted octanol–water partition coefficient (Wildman–Crippen LogP) is -3.73. The van der Waals surface area contributed by atoms with Crippen molar-refractivity contribution in [3.63, 3.8) is 0 Å². The Morgan fingerprint density at radius 1 is 0.850 bits per heavy atom. The maximum absolute atomic E-state index is 10.3. The number of carbonyl (C=O) groups is 3. The van der Waals surface area contributed by atoms with Gasteiger partial charge in [0.15, 0.2) is 5.60 Å². The van der Waals surface area contributed by atoms with E-state index in [0.29, 0.717) is 0 Å². The van der Waals surface area contributed by atoms with Crippen molar-refractivity contribution in [2.45, 2.75) is 18.4 Å². The summed E-state index contributed by atoms with van der Waals surface area (Å²) in [5.74, 6) is -5.02. The summed E-state index contributed by atoms with van der Waals surface area (Å²) in [5.41, 5.74) is -2.74. The first-order chi connectivity index (χ1) is 7.78. The molecule has 0 heterocycles.